The summed E-state index contributed by atoms with van der Waals surface area (Å²) in [6.45, 7) is 4.13. The highest BCUT2D eigenvalue weighted by Gasteiger charge is 2.23. The molecule has 13 heavy (non-hydrogen) atoms. The summed E-state index contributed by atoms with van der Waals surface area (Å²) in [6.07, 6.45) is 1.58. The zero-order valence-corrected chi connectivity index (χ0v) is 9.36. The molecule has 0 aromatic heterocycles. The van der Waals surface area contributed by atoms with Crippen molar-refractivity contribution >= 4 is 21.7 Å². The van der Waals surface area contributed by atoms with Crippen molar-refractivity contribution in [2.75, 3.05) is 0 Å². The van der Waals surface area contributed by atoms with Crippen molar-refractivity contribution in [1.29, 1.82) is 0 Å². The Balaban J connectivity index is 2.74. The number of hydrogen-bond donors (Lipinski definition) is 0. The van der Waals surface area contributed by atoms with E-state index in [1.165, 1.54) is 16.7 Å². The number of ketones is 1. The van der Waals surface area contributed by atoms with Gasteiger partial charge in [-0.05, 0) is 43.0 Å². The average Bonchev–Trinajstić information content (AvgIpc) is 2.45. The molecule has 0 aliphatic heterocycles. The number of fused-ring (bicyclic) bond motifs is 1. The summed E-state index contributed by atoms with van der Waals surface area (Å²) in [5.74, 6) is 0.291. The number of rotatable bonds is 0. The Kier molecular flexibility index (Phi) is 2.03. The van der Waals surface area contributed by atoms with E-state index >= 15 is 0 Å². The molecule has 0 fully saturated rings. The minimum Gasteiger partial charge on any atom is -0.294 e. The number of benzene rings is 1. The van der Waals surface area contributed by atoms with E-state index in [9.17, 15) is 4.79 Å². The number of aryl methyl sites for hydroxylation is 1. The van der Waals surface area contributed by atoms with Gasteiger partial charge in [0.2, 0.25) is 0 Å². The molecule has 0 radical (unpaired) electrons. The first-order valence-electron chi connectivity index (χ1n) is 4.43. The molecule has 0 saturated carbocycles. The van der Waals surface area contributed by atoms with E-state index < -0.39 is 0 Å². The second-order valence-corrected chi connectivity index (χ2v) is 4.37. The number of carbonyl (C=O) groups is 1. The van der Waals surface area contributed by atoms with E-state index in [-0.39, 0.29) is 0 Å². The molecule has 1 nitrogen and oxygen atoms in total. The van der Waals surface area contributed by atoms with Gasteiger partial charge in [-0.3, -0.25) is 4.79 Å². The Morgan fingerprint density at radius 1 is 1.31 bits per heavy atom. The van der Waals surface area contributed by atoms with Crippen LogP contribution < -0.4 is 0 Å². The molecular formula is C11H11BrO. The highest BCUT2D eigenvalue weighted by Crippen LogP contribution is 2.33. The molecule has 1 aromatic rings. The van der Waals surface area contributed by atoms with Crippen molar-refractivity contribution in [3.8, 4) is 0 Å². The third-order valence-corrected chi connectivity index (χ3v) is 3.85. The third kappa shape index (κ3) is 1.24. The number of carbonyl (C=O) groups excluding carboxylic acids is 1. The fourth-order valence-corrected chi connectivity index (χ4v) is 2.52. The highest BCUT2D eigenvalue weighted by molar-refractivity contribution is 9.10. The van der Waals surface area contributed by atoms with Crippen molar-refractivity contribution in [3.05, 3.63) is 32.8 Å². The first-order chi connectivity index (χ1) is 6.11. The highest BCUT2D eigenvalue weighted by atomic mass is 79.9. The molecular weight excluding hydrogens is 228 g/mol. The Labute approximate surface area is 86.3 Å². The number of halogens is 1. The smallest absolute Gasteiger partial charge is 0.163 e. The zero-order chi connectivity index (χ0) is 9.59. The van der Waals surface area contributed by atoms with Gasteiger partial charge in [-0.2, -0.15) is 0 Å². The largest absolute Gasteiger partial charge is 0.294 e. The zero-order valence-electron chi connectivity index (χ0n) is 7.78. The van der Waals surface area contributed by atoms with Crippen LogP contribution in [0, 0.1) is 13.8 Å². The van der Waals surface area contributed by atoms with Crippen LogP contribution in [0.1, 0.15) is 33.5 Å². The first kappa shape index (κ1) is 8.95. The van der Waals surface area contributed by atoms with Crippen molar-refractivity contribution in [3.63, 3.8) is 0 Å². The predicted molar refractivity (Wildman–Crippen MR) is 56.3 cm³/mol. The predicted octanol–water partition coefficient (Wildman–Crippen LogP) is 3.19. The monoisotopic (exact) mass is 238 g/mol. The van der Waals surface area contributed by atoms with E-state index in [0.717, 1.165) is 16.5 Å². The molecule has 1 aliphatic carbocycles. The van der Waals surface area contributed by atoms with E-state index in [1.54, 1.807) is 0 Å². The molecule has 0 N–H and O–H groups in total. The van der Waals surface area contributed by atoms with Gasteiger partial charge in [0.05, 0.1) is 0 Å². The van der Waals surface area contributed by atoms with Crippen LogP contribution in [0.15, 0.2) is 10.5 Å². The maximum atomic E-state index is 11.5. The van der Waals surface area contributed by atoms with Gasteiger partial charge in [0, 0.05) is 16.5 Å². The minimum atomic E-state index is 0.291. The lowest BCUT2D eigenvalue weighted by atomic mass is 10.0. The van der Waals surface area contributed by atoms with Crippen molar-refractivity contribution in [2.45, 2.75) is 26.7 Å². The number of hydrogen-bond acceptors (Lipinski definition) is 1. The second kappa shape index (κ2) is 2.95. The van der Waals surface area contributed by atoms with Crippen LogP contribution in [-0.2, 0) is 6.42 Å². The molecule has 0 bridgehead atoms. The topological polar surface area (TPSA) is 17.1 Å². The summed E-state index contributed by atoms with van der Waals surface area (Å²) in [4.78, 5) is 11.5. The van der Waals surface area contributed by atoms with E-state index in [2.05, 4.69) is 22.9 Å². The quantitative estimate of drug-likeness (QED) is 0.679. The van der Waals surface area contributed by atoms with Gasteiger partial charge in [0.1, 0.15) is 0 Å². The van der Waals surface area contributed by atoms with Crippen LogP contribution in [0.5, 0.6) is 0 Å². The van der Waals surface area contributed by atoms with Gasteiger partial charge in [0.25, 0.3) is 0 Å². The molecule has 0 saturated heterocycles. The van der Waals surface area contributed by atoms with Crippen molar-refractivity contribution < 1.29 is 4.79 Å². The molecule has 0 atom stereocenters. The standard InChI is InChI=1S/C11H11BrO/c1-6-5-9-8(3-4-10(9)13)11(12)7(6)2/h5H,3-4H2,1-2H3. The summed E-state index contributed by atoms with van der Waals surface area (Å²) in [5.41, 5.74) is 4.58. The maximum Gasteiger partial charge on any atom is 0.163 e. The minimum absolute atomic E-state index is 0.291. The number of Topliss-reactive ketones (excluding diaryl/α,β-unsaturated/α-hetero) is 1. The molecule has 1 aromatic carbocycles. The van der Waals surface area contributed by atoms with Gasteiger partial charge in [-0.1, -0.05) is 15.9 Å². The van der Waals surface area contributed by atoms with E-state index in [1.807, 2.05) is 13.0 Å². The fraction of sp³-hybridized carbons (Fsp3) is 0.364. The molecule has 2 rings (SSSR count). The molecule has 68 valence electrons. The van der Waals surface area contributed by atoms with Crippen LogP contribution in [0.25, 0.3) is 0 Å². The Morgan fingerprint density at radius 3 is 2.69 bits per heavy atom. The summed E-state index contributed by atoms with van der Waals surface area (Å²) in [6, 6.07) is 2.02. The molecule has 2 heteroatoms. The summed E-state index contributed by atoms with van der Waals surface area (Å²) >= 11 is 3.56. The van der Waals surface area contributed by atoms with Gasteiger partial charge >= 0.3 is 0 Å². The average molecular weight is 239 g/mol. The van der Waals surface area contributed by atoms with E-state index in [0.29, 0.717) is 12.2 Å². The molecule has 0 spiro atoms. The SMILES string of the molecule is Cc1cc2c(c(Br)c1C)CCC2=O. The first-order valence-corrected chi connectivity index (χ1v) is 5.22. The Hall–Kier alpha value is -0.630. The van der Waals surface area contributed by atoms with Crippen molar-refractivity contribution in [1.82, 2.24) is 0 Å². The summed E-state index contributed by atoms with van der Waals surface area (Å²) in [7, 11) is 0. The summed E-state index contributed by atoms with van der Waals surface area (Å²) < 4.78 is 1.13. The maximum absolute atomic E-state index is 11.5. The Morgan fingerprint density at radius 2 is 2.00 bits per heavy atom. The van der Waals surface area contributed by atoms with Crippen LogP contribution in [-0.4, -0.2) is 5.78 Å². The second-order valence-electron chi connectivity index (χ2n) is 3.58. The molecule has 0 amide bonds. The van der Waals surface area contributed by atoms with Gasteiger partial charge in [-0.25, -0.2) is 0 Å². The van der Waals surface area contributed by atoms with Gasteiger partial charge in [0.15, 0.2) is 5.78 Å². The lowest BCUT2D eigenvalue weighted by Gasteiger charge is -2.08. The fourth-order valence-electron chi connectivity index (χ4n) is 1.80. The van der Waals surface area contributed by atoms with Crippen LogP contribution in [0.3, 0.4) is 0 Å². The van der Waals surface area contributed by atoms with Crippen LogP contribution in [0.2, 0.25) is 0 Å². The van der Waals surface area contributed by atoms with Gasteiger partial charge in [-0.15, -0.1) is 0 Å². The third-order valence-electron chi connectivity index (χ3n) is 2.77. The lowest BCUT2D eigenvalue weighted by molar-refractivity contribution is 0.0994. The van der Waals surface area contributed by atoms with Crippen LogP contribution >= 0.6 is 15.9 Å². The van der Waals surface area contributed by atoms with Gasteiger partial charge < -0.3 is 0 Å². The van der Waals surface area contributed by atoms with Crippen molar-refractivity contribution in [2.24, 2.45) is 0 Å². The lowest BCUT2D eigenvalue weighted by Crippen LogP contribution is -1.95. The normalized spacial score (nSPS) is 14.8. The molecule has 1 aliphatic rings. The summed E-state index contributed by atoms with van der Waals surface area (Å²) in [5, 5.41) is 0. The van der Waals surface area contributed by atoms with E-state index in [4.69, 9.17) is 0 Å². The molecule has 0 unspecified atom stereocenters. The van der Waals surface area contributed by atoms with Crippen LogP contribution in [0.4, 0.5) is 0 Å². The Bertz CT molecular complexity index is 394. The molecule has 0 heterocycles.